The summed E-state index contributed by atoms with van der Waals surface area (Å²) in [5, 5.41) is 6.01. The molecule has 0 aliphatic rings. The molecule has 2 aromatic rings. The number of anilines is 1. The van der Waals surface area contributed by atoms with E-state index in [1.165, 1.54) is 0 Å². The highest BCUT2D eigenvalue weighted by Gasteiger charge is 2.04. The van der Waals surface area contributed by atoms with E-state index in [1.54, 1.807) is 18.2 Å². The molecule has 2 aromatic carbocycles. The lowest BCUT2D eigenvalue weighted by molar-refractivity contribution is 0.234. The van der Waals surface area contributed by atoms with Crippen LogP contribution in [0.3, 0.4) is 0 Å². The second kappa shape index (κ2) is 6.99. The van der Waals surface area contributed by atoms with Gasteiger partial charge in [-0.3, -0.25) is 0 Å². The van der Waals surface area contributed by atoms with Crippen LogP contribution >= 0.6 is 11.6 Å². The zero-order valence-electron chi connectivity index (χ0n) is 11.9. The van der Waals surface area contributed by atoms with Crippen molar-refractivity contribution >= 4 is 23.3 Å². The second-order valence-corrected chi connectivity index (χ2v) is 5.13. The van der Waals surface area contributed by atoms with Crippen molar-refractivity contribution in [2.45, 2.75) is 13.8 Å². The molecule has 0 heterocycles. The fraction of sp³-hybridized carbons (Fsp3) is 0.188. The Morgan fingerprint density at radius 2 is 1.86 bits per heavy atom. The summed E-state index contributed by atoms with van der Waals surface area (Å²) in [5.41, 5.74) is 2.77. The number of aryl methyl sites for hydroxylation is 2. The van der Waals surface area contributed by atoms with Gasteiger partial charge in [0.25, 0.3) is 0 Å². The van der Waals surface area contributed by atoms with Crippen molar-refractivity contribution in [3.63, 3.8) is 0 Å². The van der Waals surface area contributed by atoms with Gasteiger partial charge in [-0.2, -0.15) is 0 Å². The van der Waals surface area contributed by atoms with Gasteiger partial charge in [-0.05, 0) is 49.7 Å². The summed E-state index contributed by atoms with van der Waals surface area (Å²) >= 11 is 5.87. The molecular formula is C16H17ClN2O2. The molecule has 0 aliphatic heterocycles. The third-order valence-electron chi connectivity index (χ3n) is 2.93. The molecule has 0 unspecified atom stereocenters. The van der Waals surface area contributed by atoms with E-state index in [2.05, 4.69) is 10.6 Å². The van der Waals surface area contributed by atoms with Gasteiger partial charge in [0.2, 0.25) is 0 Å². The van der Waals surface area contributed by atoms with Gasteiger partial charge in [-0.25, -0.2) is 4.79 Å². The molecule has 4 nitrogen and oxygen atoms in total. The lowest BCUT2D eigenvalue weighted by Gasteiger charge is -2.11. The summed E-state index contributed by atoms with van der Waals surface area (Å²) in [4.78, 5) is 11.8. The molecule has 2 rings (SSSR count). The molecule has 5 heteroatoms. The highest BCUT2D eigenvalue weighted by atomic mass is 35.5. The summed E-state index contributed by atoms with van der Waals surface area (Å²) in [7, 11) is 0. The van der Waals surface area contributed by atoms with E-state index in [9.17, 15) is 4.79 Å². The maximum absolute atomic E-state index is 11.8. The third-order valence-corrected chi connectivity index (χ3v) is 3.16. The first-order valence-electron chi connectivity index (χ1n) is 6.55. The number of benzene rings is 2. The Morgan fingerprint density at radius 1 is 1.14 bits per heavy atom. The van der Waals surface area contributed by atoms with Crippen LogP contribution in [0.4, 0.5) is 10.5 Å². The minimum Gasteiger partial charge on any atom is -0.473 e. The molecule has 2 N–H and O–H groups in total. The first kappa shape index (κ1) is 15.2. The van der Waals surface area contributed by atoms with Crippen LogP contribution in [0.25, 0.3) is 0 Å². The van der Waals surface area contributed by atoms with E-state index in [-0.39, 0.29) is 12.8 Å². The third kappa shape index (κ3) is 4.68. The second-order valence-electron chi connectivity index (χ2n) is 4.69. The van der Waals surface area contributed by atoms with Crippen molar-refractivity contribution in [2.24, 2.45) is 0 Å². The Hall–Kier alpha value is -2.20. The van der Waals surface area contributed by atoms with Gasteiger partial charge in [0, 0.05) is 10.7 Å². The van der Waals surface area contributed by atoms with Gasteiger partial charge >= 0.3 is 6.03 Å². The zero-order chi connectivity index (χ0) is 15.2. The molecule has 0 spiro atoms. The average molecular weight is 305 g/mol. The van der Waals surface area contributed by atoms with Crippen molar-refractivity contribution < 1.29 is 9.53 Å². The maximum Gasteiger partial charge on any atom is 0.321 e. The molecule has 0 radical (unpaired) electrons. The molecule has 0 saturated heterocycles. The molecule has 2 amide bonds. The number of halogens is 1. The van der Waals surface area contributed by atoms with Crippen LogP contribution in [0.5, 0.6) is 5.75 Å². The summed E-state index contributed by atoms with van der Waals surface area (Å²) in [6.45, 7) is 3.98. The van der Waals surface area contributed by atoms with Gasteiger partial charge in [0.1, 0.15) is 5.75 Å². The first-order chi connectivity index (χ1) is 10.0. The van der Waals surface area contributed by atoms with Crippen molar-refractivity contribution in [1.29, 1.82) is 0 Å². The first-order valence-corrected chi connectivity index (χ1v) is 6.93. The summed E-state index contributed by atoms with van der Waals surface area (Å²) in [6.07, 6.45) is 0. The van der Waals surface area contributed by atoms with E-state index >= 15 is 0 Å². The number of hydrogen-bond acceptors (Lipinski definition) is 2. The van der Waals surface area contributed by atoms with Crippen LogP contribution < -0.4 is 15.4 Å². The molecule has 0 aromatic heterocycles. The predicted molar refractivity (Wildman–Crippen MR) is 85.0 cm³/mol. The number of hydrogen-bond donors (Lipinski definition) is 2. The standard InChI is InChI=1S/C16H17ClN2O2/c1-11-3-6-14(7-4-11)21-10-18-16(20)19-15-8-5-13(17)9-12(15)2/h3-9H,10H2,1-2H3,(H2,18,19,20). The number of carbonyl (C=O) groups excluding carboxylic acids is 1. The topological polar surface area (TPSA) is 50.4 Å². The summed E-state index contributed by atoms with van der Waals surface area (Å²) in [6, 6.07) is 12.6. The minimum absolute atomic E-state index is 0.0987. The average Bonchev–Trinajstić information content (AvgIpc) is 2.44. The Bertz CT molecular complexity index is 627. The number of carbonyl (C=O) groups is 1. The SMILES string of the molecule is Cc1ccc(OCNC(=O)Nc2ccc(Cl)cc2C)cc1. The number of rotatable bonds is 4. The van der Waals surface area contributed by atoms with Crippen LogP contribution in [0.2, 0.25) is 5.02 Å². The van der Waals surface area contributed by atoms with Crippen LogP contribution in [-0.4, -0.2) is 12.8 Å². The van der Waals surface area contributed by atoms with Crippen LogP contribution in [0, 0.1) is 13.8 Å². The highest BCUT2D eigenvalue weighted by molar-refractivity contribution is 6.30. The molecule has 0 atom stereocenters. The number of ether oxygens (including phenoxy) is 1. The van der Waals surface area contributed by atoms with Crippen molar-refractivity contribution in [1.82, 2.24) is 5.32 Å². The van der Waals surface area contributed by atoms with E-state index in [1.807, 2.05) is 38.1 Å². The molecule has 110 valence electrons. The Kier molecular flexibility index (Phi) is 5.06. The smallest absolute Gasteiger partial charge is 0.321 e. The summed E-state index contributed by atoms with van der Waals surface area (Å²) < 4.78 is 5.43. The molecule has 0 saturated carbocycles. The summed E-state index contributed by atoms with van der Waals surface area (Å²) in [5.74, 6) is 0.712. The zero-order valence-corrected chi connectivity index (χ0v) is 12.7. The van der Waals surface area contributed by atoms with E-state index in [4.69, 9.17) is 16.3 Å². The normalized spacial score (nSPS) is 10.0. The lowest BCUT2D eigenvalue weighted by atomic mass is 10.2. The van der Waals surface area contributed by atoms with E-state index < -0.39 is 0 Å². The van der Waals surface area contributed by atoms with Gasteiger partial charge in [0.15, 0.2) is 6.73 Å². The van der Waals surface area contributed by atoms with Crippen LogP contribution in [0.15, 0.2) is 42.5 Å². The monoisotopic (exact) mass is 304 g/mol. The van der Waals surface area contributed by atoms with Gasteiger partial charge in [-0.1, -0.05) is 29.3 Å². The molecular weight excluding hydrogens is 288 g/mol. The van der Waals surface area contributed by atoms with E-state index in [0.717, 1.165) is 11.1 Å². The largest absolute Gasteiger partial charge is 0.473 e. The highest BCUT2D eigenvalue weighted by Crippen LogP contribution is 2.19. The van der Waals surface area contributed by atoms with Crippen molar-refractivity contribution in [3.8, 4) is 5.75 Å². The predicted octanol–water partition coefficient (Wildman–Crippen LogP) is 4.11. The van der Waals surface area contributed by atoms with Gasteiger partial charge < -0.3 is 15.4 Å². The van der Waals surface area contributed by atoms with Gasteiger partial charge in [-0.15, -0.1) is 0 Å². The Balaban J connectivity index is 1.81. The van der Waals surface area contributed by atoms with Gasteiger partial charge in [0.05, 0.1) is 0 Å². The molecule has 0 fully saturated rings. The molecule has 21 heavy (non-hydrogen) atoms. The number of urea groups is 1. The van der Waals surface area contributed by atoms with Crippen molar-refractivity contribution in [2.75, 3.05) is 12.0 Å². The minimum atomic E-state index is -0.326. The van der Waals surface area contributed by atoms with E-state index in [0.29, 0.717) is 16.5 Å². The van der Waals surface area contributed by atoms with Crippen LogP contribution in [0.1, 0.15) is 11.1 Å². The fourth-order valence-electron chi connectivity index (χ4n) is 1.75. The quantitative estimate of drug-likeness (QED) is 0.835. The molecule has 0 bridgehead atoms. The number of amides is 2. The fourth-order valence-corrected chi connectivity index (χ4v) is 1.98. The lowest BCUT2D eigenvalue weighted by Crippen LogP contribution is -2.32. The molecule has 0 aliphatic carbocycles. The van der Waals surface area contributed by atoms with Crippen LogP contribution in [-0.2, 0) is 0 Å². The van der Waals surface area contributed by atoms with Crippen molar-refractivity contribution in [3.05, 3.63) is 58.6 Å². The Labute approximate surface area is 129 Å². The Morgan fingerprint density at radius 3 is 2.52 bits per heavy atom. The number of nitrogens with one attached hydrogen (secondary N) is 2. The maximum atomic E-state index is 11.8.